The summed E-state index contributed by atoms with van der Waals surface area (Å²) in [6, 6.07) is 0. The lowest BCUT2D eigenvalue weighted by Gasteiger charge is -2.30. The molecule has 0 aliphatic heterocycles. The molecule has 1 aromatic heterocycles. The second-order valence-corrected chi connectivity index (χ2v) is 3.53. The molecule has 4 heteroatoms. The molecular weight excluding hydrogens is 178 g/mol. The lowest BCUT2D eigenvalue weighted by molar-refractivity contribution is 0.149. The SMILES string of the molecule is CCC(CC)(CO)NCc1ncc[nH]1. The van der Waals surface area contributed by atoms with Crippen molar-refractivity contribution in [2.24, 2.45) is 0 Å². The van der Waals surface area contributed by atoms with E-state index in [0.29, 0.717) is 6.54 Å². The quantitative estimate of drug-likeness (QED) is 0.639. The number of aliphatic hydroxyl groups excluding tert-OH is 1. The smallest absolute Gasteiger partial charge is 0.120 e. The van der Waals surface area contributed by atoms with Crippen molar-refractivity contribution < 1.29 is 5.11 Å². The summed E-state index contributed by atoms with van der Waals surface area (Å²) in [5.74, 6) is 0.907. The number of rotatable bonds is 6. The normalized spacial score (nSPS) is 11.9. The van der Waals surface area contributed by atoms with Gasteiger partial charge in [0, 0.05) is 17.9 Å². The maximum absolute atomic E-state index is 9.31. The summed E-state index contributed by atoms with van der Waals surface area (Å²) in [5.41, 5.74) is -0.160. The Morgan fingerprint density at radius 3 is 2.64 bits per heavy atom. The minimum Gasteiger partial charge on any atom is -0.394 e. The van der Waals surface area contributed by atoms with Gasteiger partial charge in [0.25, 0.3) is 0 Å². The minimum absolute atomic E-state index is 0.160. The maximum Gasteiger partial charge on any atom is 0.120 e. The van der Waals surface area contributed by atoms with E-state index in [1.807, 2.05) is 0 Å². The van der Waals surface area contributed by atoms with Crippen LogP contribution in [-0.4, -0.2) is 27.2 Å². The predicted octanol–water partition coefficient (Wildman–Crippen LogP) is 1.05. The van der Waals surface area contributed by atoms with Crippen LogP contribution in [0.5, 0.6) is 0 Å². The minimum atomic E-state index is -0.160. The van der Waals surface area contributed by atoms with E-state index in [-0.39, 0.29) is 12.1 Å². The summed E-state index contributed by atoms with van der Waals surface area (Å²) in [5, 5.41) is 12.7. The molecule has 14 heavy (non-hydrogen) atoms. The molecule has 0 amide bonds. The molecule has 3 N–H and O–H groups in total. The van der Waals surface area contributed by atoms with Gasteiger partial charge in [-0.3, -0.25) is 0 Å². The number of nitrogens with one attached hydrogen (secondary N) is 2. The van der Waals surface area contributed by atoms with E-state index in [1.54, 1.807) is 12.4 Å². The van der Waals surface area contributed by atoms with Gasteiger partial charge in [-0.15, -0.1) is 0 Å². The van der Waals surface area contributed by atoms with Crippen LogP contribution in [0, 0.1) is 0 Å². The van der Waals surface area contributed by atoms with Crippen molar-refractivity contribution in [1.29, 1.82) is 0 Å². The zero-order valence-electron chi connectivity index (χ0n) is 8.88. The second-order valence-electron chi connectivity index (χ2n) is 3.53. The van der Waals surface area contributed by atoms with Crippen molar-refractivity contribution in [2.45, 2.75) is 38.8 Å². The molecular formula is C10H19N3O. The Morgan fingerprint density at radius 2 is 2.21 bits per heavy atom. The molecule has 4 nitrogen and oxygen atoms in total. The number of aromatic amines is 1. The molecule has 1 heterocycles. The third-order valence-electron chi connectivity index (χ3n) is 2.84. The van der Waals surface area contributed by atoms with Crippen molar-refractivity contribution in [3.8, 4) is 0 Å². The molecule has 1 rings (SSSR count). The largest absolute Gasteiger partial charge is 0.394 e. The summed E-state index contributed by atoms with van der Waals surface area (Å²) in [4.78, 5) is 7.15. The molecule has 0 atom stereocenters. The zero-order valence-corrected chi connectivity index (χ0v) is 8.88. The van der Waals surface area contributed by atoms with Crippen LogP contribution in [0.1, 0.15) is 32.5 Å². The fourth-order valence-corrected chi connectivity index (χ4v) is 1.45. The third kappa shape index (κ3) is 2.56. The molecule has 1 aromatic rings. The first-order chi connectivity index (χ1) is 6.76. The van der Waals surface area contributed by atoms with Crippen molar-refractivity contribution in [1.82, 2.24) is 15.3 Å². The third-order valence-corrected chi connectivity index (χ3v) is 2.84. The number of imidazole rings is 1. The summed E-state index contributed by atoms with van der Waals surface area (Å²) in [7, 11) is 0. The van der Waals surface area contributed by atoms with Crippen molar-refractivity contribution >= 4 is 0 Å². The first kappa shape index (κ1) is 11.2. The second kappa shape index (κ2) is 5.12. The molecule has 0 unspecified atom stereocenters. The predicted molar refractivity (Wildman–Crippen MR) is 55.8 cm³/mol. The number of nitrogens with zero attached hydrogens (tertiary/aromatic N) is 1. The Kier molecular flexibility index (Phi) is 4.10. The first-order valence-corrected chi connectivity index (χ1v) is 5.10. The van der Waals surface area contributed by atoms with Gasteiger partial charge in [0.05, 0.1) is 13.2 Å². The molecule has 0 saturated heterocycles. The van der Waals surface area contributed by atoms with E-state index in [2.05, 4.69) is 29.1 Å². The van der Waals surface area contributed by atoms with Crippen molar-refractivity contribution in [3.63, 3.8) is 0 Å². The highest BCUT2D eigenvalue weighted by atomic mass is 16.3. The fourth-order valence-electron chi connectivity index (χ4n) is 1.45. The number of H-pyrrole nitrogens is 1. The van der Waals surface area contributed by atoms with Crippen LogP contribution < -0.4 is 5.32 Å². The Labute approximate surface area is 84.8 Å². The molecule has 0 saturated carbocycles. The summed E-state index contributed by atoms with van der Waals surface area (Å²) in [6.07, 6.45) is 5.37. The lowest BCUT2D eigenvalue weighted by Crippen LogP contribution is -2.47. The molecule has 0 radical (unpaired) electrons. The molecule has 0 aliphatic carbocycles. The summed E-state index contributed by atoms with van der Waals surface area (Å²) in [6.45, 7) is 5.00. The molecule has 0 aliphatic rings. The average Bonchev–Trinajstić information content (AvgIpc) is 2.74. The number of aliphatic hydroxyl groups is 1. The first-order valence-electron chi connectivity index (χ1n) is 5.10. The molecule has 0 aromatic carbocycles. The maximum atomic E-state index is 9.31. The number of hydrogen-bond acceptors (Lipinski definition) is 3. The topological polar surface area (TPSA) is 60.9 Å². The van der Waals surface area contributed by atoms with E-state index in [0.717, 1.165) is 18.7 Å². The summed E-state index contributed by atoms with van der Waals surface area (Å²) < 4.78 is 0. The van der Waals surface area contributed by atoms with Gasteiger partial charge in [-0.2, -0.15) is 0 Å². The van der Waals surface area contributed by atoms with Gasteiger partial charge < -0.3 is 15.4 Å². The van der Waals surface area contributed by atoms with Crippen molar-refractivity contribution in [2.75, 3.05) is 6.61 Å². The fraction of sp³-hybridized carbons (Fsp3) is 0.700. The number of hydrogen-bond donors (Lipinski definition) is 3. The van der Waals surface area contributed by atoms with Gasteiger partial charge in [-0.1, -0.05) is 13.8 Å². The zero-order chi connectivity index (χ0) is 10.4. The van der Waals surface area contributed by atoms with E-state index < -0.39 is 0 Å². The van der Waals surface area contributed by atoms with Gasteiger partial charge in [-0.05, 0) is 12.8 Å². The Morgan fingerprint density at radius 1 is 1.50 bits per heavy atom. The molecule has 0 fully saturated rings. The Balaban J connectivity index is 2.48. The number of aromatic nitrogens is 2. The monoisotopic (exact) mass is 197 g/mol. The van der Waals surface area contributed by atoms with Crippen LogP contribution in [0.15, 0.2) is 12.4 Å². The Bertz CT molecular complexity index is 234. The summed E-state index contributed by atoms with van der Waals surface area (Å²) >= 11 is 0. The van der Waals surface area contributed by atoms with Gasteiger partial charge in [0.15, 0.2) is 0 Å². The highest BCUT2D eigenvalue weighted by molar-refractivity contribution is 4.91. The van der Waals surface area contributed by atoms with E-state index in [9.17, 15) is 5.11 Å². The molecule has 0 spiro atoms. The van der Waals surface area contributed by atoms with Crippen LogP contribution >= 0.6 is 0 Å². The van der Waals surface area contributed by atoms with E-state index in [4.69, 9.17) is 0 Å². The molecule has 0 bridgehead atoms. The highest BCUT2D eigenvalue weighted by Crippen LogP contribution is 2.14. The van der Waals surface area contributed by atoms with Crippen molar-refractivity contribution in [3.05, 3.63) is 18.2 Å². The van der Waals surface area contributed by atoms with E-state index in [1.165, 1.54) is 0 Å². The van der Waals surface area contributed by atoms with Crippen LogP contribution in [0.3, 0.4) is 0 Å². The van der Waals surface area contributed by atoms with Crippen LogP contribution in [0.2, 0.25) is 0 Å². The van der Waals surface area contributed by atoms with Crippen LogP contribution in [-0.2, 0) is 6.54 Å². The Hall–Kier alpha value is -0.870. The van der Waals surface area contributed by atoms with Gasteiger partial charge >= 0.3 is 0 Å². The van der Waals surface area contributed by atoms with E-state index >= 15 is 0 Å². The highest BCUT2D eigenvalue weighted by Gasteiger charge is 2.24. The van der Waals surface area contributed by atoms with Gasteiger partial charge in [-0.25, -0.2) is 4.98 Å². The average molecular weight is 197 g/mol. The molecule has 80 valence electrons. The standard InChI is InChI=1S/C10H19N3O/c1-3-10(4-2,8-14)13-7-9-11-5-6-12-9/h5-6,13-14H,3-4,7-8H2,1-2H3,(H,11,12). The van der Waals surface area contributed by atoms with Gasteiger partial charge in [0.1, 0.15) is 5.82 Å². The lowest BCUT2D eigenvalue weighted by atomic mass is 9.94. The van der Waals surface area contributed by atoms with Crippen LogP contribution in [0.25, 0.3) is 0 Å². The van der Waals surface area contributed by atoms with Gasteiger partial charge in [0.2, 0.25) is 0 Å². The van der Waals surface area contributed by atoms with Crippen LogP contribution in [0.4, 0.5) is 0 Å².